The number of hydrogen-bond acceptors (Lipinski definition) is 4. The number of rotatable bonds is 7. The lowest BCUT2D eigenvalue weighted by molar-refractivity contribution is 0.0836. The maximum atomic E-state index is 13.3. The summed E-state index contributed by atoms with van der Waals surface area (Å²) in [5.74, 6) is 2.32. The Morgan fingerprint density at radius 3 is 2.50 bits per heavy atom. The molecule has 1 saturated heterocycles. The van der Waals surface area contributed by atoms with Crippen LogP contribution in [0.1, 0.15) is 65.7 Å². The Hall–Kier alpha value is -1.88. The normalized spacial score (nSPS) is 21.8. The van der Waals surface area contributed by atoms with Crippen molar-refractivity contribution in [3.05, 3.63) is 34.4 Å². The third-order valence-electron chi connectivity index (χ3n) is 5.88. The molecule has 1 unspecified atom stereocenters. The van der Waals surface area contributed by atoms with E-state index < -0.39 is 0 Å². The summed E-state index contributed by atoms with van der Waals surface area (Å²) in [5, 5.41) is 4.01. The predicted octanol–water partition coefficient (Wildman–Crippen LogP) is 4.67. The Kier molecular flexibility index (Phi) is 6.76. The second-order valence-corrected chi connectivity index (χ2v) is 8.49. The standard InChI is InChI=1S/C23H36N4O/c1-6-9-21(26-14-16(4)12-17(5)15-26)22-25-20-11-10-18(24-7-2)13-19(20)23(28)27(22)8-3/h10-11,13,16-17,21,24H,6-9,12,14-15H2,1-5H3/t16-,17+,21?. The molecule has 1 aromatic heterocycles. The van der Waals surface area contributed by atoms with E-state index in [9.17, 15) is 4.79 Å². The molecule has 1 aliphatic rings. The van der Waals surface area contributed by atoms with Gasteiger partial charge in [0.2, 0.25) is 0 Å². The summed E-state index contributed by atoms with van der Waals surface area (Å²) >= 11 is 0. The average molecular weight is 385 g/mol. The molecule has 5 nitrogen and oxygen atoms in total. The van der Waals surface area contributed by atoms with Crippen molar-refractivity contribution in [3.63, 3.8) is 0 Å². The number of nitrogens with one attached hydrogen (secondary N) is 1. The Balaban J connectivity index is 2.10. The molecule has 1 aliphatic heterocycles. The molecule has 0 aliphatic carbocycles. The lowest BCUT2D eigenvalue weighted by atomic mass is 9.90. The average Bonchev–Trinajstić information content (AvgIpc) is 2.66. The molecule has 1 aromatic carbocycles. The summed E-state index contributed by atoms with van der Waals surface area (Å²) < 4.78 is 1.91. The Labute approximate surface area is 169 Å². The first-order valence-electron chi connectivity index (χ1n) is 11.0. The SMILES string of the molecule is CCCC(c1nc2ccc(NCC)cc2c(=O)n1CC)N1C[C@H](C)C[C@H](C)C1. The Morgan fingerprint density at radius 1 is 1.18 bits per heavy atom. The number of nitrogens with zero attached hydrogens (tertiary/aromatic N) is 3. The highest BCUT2D eigenvalue weighted by atomic mass is 16.1. The van der Waals surface area contributed by atoms with Crippen molar-refractivity contribution in [2.75, 3.05) is 25.0 Å². The van der Waals surface area contributed by atoms with Crippen molar-refractivity contribution < 1.29 is 0 Å². The molecule has 0 radical (unpaired) electrons. The molecule has 28 heavy (non-hydrogen) atoms. The highest BCUT2D eigenvalue weighted by molar-refractivity contribution is 5.81. The van der Waals surface area contributed by atoms with Gasteiger partial charge in [-0.2, -0.15) is 0 Å². The molecule has 2 heterocycles. The van der Waals surface area contributed by atoms with E-state index in [1.807, 2.05) is 22.8 Å². The van der Waals surface area contributed by atoms with Crippen molar-refractivity contribution in [3.8, 4) is 0 Å². The highest BCUT2D eigenvalue weighted by Crippen LogP contribution is 2.32. The fourth-order valence-corrected chi connectivity index (χ4v) is 4.83. The van der Waals surface area contributed by atoms with Crippen LogP contribution in [-0.2, 0) is 6.54 Å². The number of fused-ring (bicyclic) bond motifs is 1. The minimum atomic E-state index is 0.0847. The van der Waals surface area contributed by atoms with Gasteiger partial charge in [0.15, 0.2) is 0 Å². The van der Waals surface area contributed by atoms with Crippen LogP contribution < -0.4 is 10.9 Å². The van der Waals surface area contributed by atoms with E-state index in [-0.39, 0.29) is 11.6 Å². The number of likely N-dealkylation sites (tertiary alicyclic amines) is 1. The fourth-order valence-electron chi connectivity index (χ4n) is 4.83. The minimum Gasteiger partial charge on any atom is -0.385 e. The summed E-state index contributed by atoms with van der Waals surface area (Å²) in [7, 11) is 0. The molecule has 3 rings (SSSR count). The lowest BCUT2D eigenvalue weighted by Gasteiger charge is -2.40. The zero-order chi connectivity index (χ0) is 20.3. The molecule has 2 aromatic rings. The van der Waals surface area contributed by atoms with E-state index in [4.69, 9.17) is 4.98 Å². The molecule has 0 amide bonds. The molecule has 0 bridgehead atoms. The quantitative estimate of drug-likeness (QED) is 0.754. The minimum absolute atomic E-state index is 0.0847. The zero-order valence-electron chi connectivity index (χ0n) is 18.2. The van der Waals surface area contributed by atoms with Crippen LogP contribution in [0.5, 0.6) is 0 Å². The first kappa shape index (κ1) is 20.8. The summed E-state index contributed by atoms with van der Waals surface area (Å²) in [6.07, 6.45) is 3.40. The van der Waals surface area contributed by atoms with Crippen LogP contribution in [0.3, 0.4) is 0 Å². The molecular weight excluding hydrogens is 348 g/mol. The molecule has 0 spiro atoms. The van der Waals surface area contributed by atoms with Gasteiger partial charge in [0, 0.05) is 31.9 Å². The van der Waals surface area contributed by atoms with Gasteiger partial charge in [-0.1, -0.05) is 27.2 Å². The third-order valence-corrected chi connectivity index (χ3v) is 5.88. The second-order valence-electron chi connectivity index (χ2n) is 8.49. The van der Waals surface area contributed by atoms with E-state index in [1.165, 1.54) is 6.42 Å². The van der Waals surface area contributed by atoms with Crippen molar-refractivity contribution in [1.29, 1.82) is 0 Å². The Bertz CT molecular complexity index is 850. The third kappa shape index (κ3) is 4.24. The number of anilines is 1. The van der Waals surface area contributed by atoms with Gasteiger partial charge in [-0.25, -0.2) is 4.98 Å². The number of aromatic nitrogens is 2. The summed E-state index contributed by atoms with van der Waals surface area (Å²) in [4.78, 5) is 21.0. The van der Waals surface area contributed by atoms with Gasteiger partial charge in [-0.15, -0.1) is 0 Å². The van der Waals surface area contributed by atoms with Crippen molar-refractivity contribution in [2.45, 2.75) is 66.5 Å². The maximum Gasteiger partial charge on any atom is 0.261 e. The second kappa shape index (κ2) is 9.08. The molecule has 1 fully saturated rings. The van der Waals surface area contributed by atoms with Gasteiger partial charge in [-0.3, -0.25) is 14.3 Å². The smallest absolute Gasteiger partial charge is 0.261 e. The van der Waals surface area contributed by atoms with E-state index in [2.05, 4.69) is 44.8 Å². The van der Waals surface area contributed by atoms with E-state index >= 15 is 0 Å². The predicted molar refractivity (Wildman–Crippen MR) is 118 cm³/mol. The number of hydrogen-bond donors (Lipinski definition) is 1. The maximum absolute atomic E-state index is 13.3. The topological polar surface area (TPSA) is 50.2 Å². The summed E-state index contributed by atoms with van der Waals surface area (Å²) in [6, 6.07) is 6.17. The molecule has 5 heteroatoms. The van der Waals surface area contributed by atoms with Crippen LogP contribution in [0.25, 0.3) is 10.9 Å². The molecule has 1 N–H and O–H groups in total. The van der Waals surface area contributed by atoms with Crippen LogP contribution in [0, 0.1) is 11.8 Å². The number of benzene rings is 1. The molecular formula is C23H36N4O. The summed E-state index contributed by atoms with van der Waals surface area (Å²) in [5.41, 5.74) is 1.88. The molecule has 3 atom stereocenters. The fraction of sp³-hybridized carbons (Fsp3) is 0.652. The summed E-state index contributed by atoms with van der Waals surface area (Å²) in [6.45, 7) is 14.7. The van der Waals surface area contributed by atoms with Crippen LogP contribution in [0.15, 0.2) is 23.0 Å². The van der Waals surface area contributed by atoms with Crippen LogP contribution in [0.2, 0.25) is 0 Å². The van der Waals surface area contributed by atoms with E-state index in [0.29, 0.717) is 23.8 Å². The van der Waals surface area contributed by atoms with Crippen LogP contribution in [0.4, 0.5) is 5.69 Å². The van der Waals surface area contributed by atoms with Gasteiger partial charge in [0.25, 0.3) is 5.56 Å². The first-order valence-corrected chi connectivity index (χ1v) is 11.0. The van der Waals surface area contributed by atoms with Crippen molar-refractivity contribution >= 4 is 16.6 Å². The van der Waals surface area contributed by atoms with Crippen molar-refractivity contribution in [1.82, 2.24) is 14.5 Å². The number of piperidine rings is 1. The van der Waals surface area contributed by atoms with Gasteiger partial charge >= 0.3 is 0 Å². The highest BCUT2D eigenvalue weighted by Gasteiger charge is 2.30. The van der Waals surface area contributed by atoms with Crippen LogP contribution >= 0.6 is 0 Å². The van der Waals surface area contributed by atoms with Crippen LogP contribution in [-0.4, -0.2) is 34.1 Å². The van der Waals surface area contributed by atoms with Gasteiger partial charge in [0.1, 0.15) is 5.82 Å². The lowest BCUT2D eigenvalue weighted by Crippen LogP contribution is -2.43. The van der Waals surface area contributed by atoms with E-state index in [0.717, 1.165) is 49.5 Å². The van der Waals surface area contributed by atoms with Gasteiger partial charge in [-0.05, 0) is 56.7 Å². The largest absolute Gasteiger partial charge is 0.385 e. The van der Waals surface area contributed by atoms with E-state index in [1.54, 1.807) is 0 Å². The van der Waals surface area contributed by atoms with Gasteiger partial charge < -0.3 is 5.32 Å². The Morgan fingerprint density at radius 2 is 1.89 bits per heavy atom. The molecule has 154 valence electrons. The zero-order valence-corrected chi connectivity index (χ0v) is 18.2. The monoisotopic (exact) mass is 384 g/mol. The molecule has 0 saturated carbocycles. The van der Waals surface area contributed by atoms with Gasteiger partial charge in [0.05, 0.1) is 16.9 Å². The first-order chi connectivity index (χ1) is 13.5. The van der Waals surface area contributed by atoms with Crippen molar-refractivity contribution in [2.24, 2.45) is 11.8 Å².